The number of rotatable bonds is 2. The molecule has 3 heteroatoms. The van der Waals surface area contributed by atoms with Gasteiger partial charge in [0.1, 0.15) is 23.7 Å². The van der Waals surface area contributed by atoms with E-state index in [1.807, 2.05) is 36.4 Å². The second-order valence-corrected chi connectivity index (χ2v) is 5.38. The SMILES string of the molecule is c1ccc2c(Sc3coc4ccccc34)coc2c1. The van der Waals surface area contributed by atoms with Gasteiger partial charge in [-0.2, -0.15) is 0 Å². The molecule has 2 aromatic carbocycles. The van der Waals surface area contributed by atoms with Crippen LogP contribution in [0.2, 0.25) is 0 Å². The molecule has 0 saturated heterocycles. The van der Waals surface area contributed by atoms with Gasteiger partial charge in [0.25, 0.3) is 0 Å². The molecule has 4 aromatic rings. The topological polar surface area (TPSA) is 26.3 Å². The summed E-state index contributed by atoms with van der Waals surface area (Å²) >= 11 is 1.67. The number of benzene rings is 2. The van der Waals surface area contributed by atoms with Crippen molar-refractivity contribution in [3.05, 3.63) is 61.1 Å². The first-order valence-corrected chi connectivity index (χ1v) is 6.84. The van der Waals surface area contributed by atoms with E-state index in [1.165, 1.54) is 0 Å². The molecule has 0 radical (unpaired) electrons. The monoisotopic (exact) mass is 266 g/mol. The lowest BCUT2D eigenvalue weighted by Gasteiger charge is -1.96. The van der Waals surface area contributed by atoms with E-state index in [0.29, 0.717) is 0 Å². The molecule has 0 fully saturated rings. The molecular formula is C16H10O2S. The molecule has 0 aliphatic rings. The molecule has 0 saturated carbocycles. The van der Waals surface area contributed by atoms with Gasteiger partial charge in [-0.15, -0.1) is 0 Å². The highest BCUT2D eigenvalue weighted by Gasteiger charge is 2.11. The van der Waals surface area contributed by atoms with Gasteiger partial charge in [-0.25, -0.2) is 0 Å². The van der Waals surface area contributed by atoms with Crippen LogP contribution in [0.3, 0.4) is 0 Å². The molecule has 0 amide bonds. The normalized spacial score (nSPS) is 11.4. The quantitative estimate of drug-likeness (QED) is 0.490. The van der Waals surface area contributed by atoms with Crippen molar-refractivity contribution in [2.45, 2.75) is 9.79 Å². The maximum absolute atomic E-state index is 5.56. The van der Waals surface area contributed by atoms with Gasteiger partial charge in [-0.1, -0.05) is 36.0 Å². The average Bonchev–Trinajstić information content (AvgIpc) is 3.05. The molecule has 0 aliphatic carbocycles. The third kappa shape index (κ3) is 1.74. The summed E-state index contributed by atoms with van der Waals surface area (Å²) < 4.78 is 11.1. The molecule has 2 aromatic heterocycles. The summed E-state index contributed by atoms with van der Waals surface area (Å²) in [6, 6.07) is 16.1. The summed E-state index contributed by atoms with van der Waals surface area (Å²) in [5.41, 5.74) is 1.83. The van der Waals surface area contributed by atoms with E-state index in [2.05, 4.69) is 12.1 Å². The summed E-state index contributed by atoms with van der Waals surface area (Å²) in [6.45, 7) is 0. The number of para-hydroxylation sites is 2. The standard InChI is InChI=1S/C16H10O2S/c1-3-7-13-11(5-1)15(9-17-13)19-16-10-18-14-8-4-2-6-12(14)16/h1-10H. The zero-order valence-corrected chi connectivity index (χ0v) is 10.8. The highest BCUT2D eigenvalue weighted by molar-refractivity contribution is 7.99. The first-order valence-electron chi connectivity index (χ1n) is 6.02. The van der Waals surface area contributed by atoms with Crippen molar-refractivity contribution in [3.63, 3.8) is 0 Å². The summed E-state index contributed by atoms with van der Waals surface area (Å²) in [6.07, 6.45) is 3.61. The van der Waals surface area contributed by atoms with Crippen LogP contribution < -0.4 is 0 Å². The van der Waals surface area contributed by atoms with Crippen LogP contribution in [0.5, 0.6) is 0 Å². The fourth-order valence-corrected chi connectivity index (χ4v) is 3.17. The first-order chi connectivity index (χ1) is 9.42. The molecular weight excluding hydrogens is 256 g/mol. The van der Waals surface area contributed by atoms with Crippen molar-refractivity contribution in [1.29, 1.82) is 0 Å². The minimum absolute atomic E-state index is 0.915. The molecule has 4 rings (SSSR count). The van der Waals surface area contributed by atoms with Crippen LogP contribution >= 0.6 is 11.8 Å². The Balaban J connectivity index is 1.82. The van der Waals surface area contributed by atoms with Gasteiger partial charge in [0.05, 0.1) is 9.79 Å². The predicted molar refractivity (Wildman–Crippen MR) is 76.6 cm³/mol. The van der Waals surface area contributed by atoms with Crippen LogP contribution in [-0.2, 0) is 0 Å². The third-order valence-electron chi connectivity index (χ3n) is 3.11. The van der Waals surface area contributed by atoms with Gasteiger partial charge in [0.2, 0.25) is 0 Å². The number of fused-ring (bicyclic) bond motifs is 2. The van der Waals surface area contributed by atoms with Crippen molar-refractivity contribution in [2.75, 3.05) is 0 Å². The Kier molecular flexibility index (Phi) is 2.38. The van der Waals surface area contributed by atoms with Gasteiger partial charge in [0.15, 0.2) is 0 Å². The molecule has 19 heavy (non-hydrogen) atoms. The molecule has 2 heterocycles. The van der Waals surface area contributed by atoms with E-state index in [9.17, 15) is 0 Å². The van der Waals surface area contributed by atoms with Crippen molar-refractivity contribution in [1.82, 2.24) is 0 Å². The lowest BCUT2D eigenvalue weighted by molar-refractivity contribution is 0.606. The molecule has 0 aliphatic heterocycles. The fraction of sp³-hybridized carbons (Fsp3) is 0. The van der Waals surface area contributed by atoms with E-state index in [0.717, 1.165) is 31.7 Å². The van der Waals surface area contributed by atoms with Crippen LogP contribution in [0.25, 0.3) is 21.9 Å². The zero-order valence-electron chi connectivity index (χ0n) is 10.00. The highest BCUT2D eigenvalue weighted by Crippen LogP contribution is 2.38. The summed E-state index contributed by atoms with van der Waals surface area (Å²) in [4.78, 5) is 2.23. The van der Waals surface area contributed by atoms with Crippen molar-refractivity contribution >= 4 is 33.7 Å². The summed E-state index contributed by atoms with van der Waals surface area (Å²) in [5, 5.41) is 2.27. The van der Waals surface area contributed by atoms with Gasteiger partial charge < -0.3 is 8.83 Å². The Labute approximate surface area is 114 Å². The maximum atomic E-state index is 5.56. The van der Waals surface area contributed by atoms with Gasteiger partial charge in [-0.3, -0.25) is 0 Å². The van der Waals surface area contributed by atoms with Crippen LogP contribution in [0, 0.1) is 0 Å². The summed E-state index contributed by atoms with van der Waals surface area (Å²) in [7, 11) is 0. The average molecular weight is 266 g/mol. The predicted octanol–water partition coefficient (Wildman–Crippen LogP) is 5.33. The van der Waals surface area contributed by atoms with Crippen LogP contribution in [-0.4, -0.2) is 0 Å². The Morgan fingerprint density at radius 3 is 1.63 bits per heavy atom. The first kappa shape index (κ1) is 10.8. The van der Waals surface area contributed by atoms with E-state index < -0.39 is 0 Å². The maximum Gasteiger partial charge on any atom is 0.135 e. The number of furan rings is 2. The second-order valence-electron chi connectivity index (χ2n) is 4.29. The second kappa shape index (κ2) is 4.21. The number of hydrogen-bond donors (Lipinski definition) is 0. The fourth-order valence-electron chi connectivity index (χ4n) is 2.18. The van der Waals surface area contributed by atoms with Crippen molar-refractivity contribution < 1.29 is 8.83 Å². The van der Waals surface area contributed by atoms with Crippen LogP contribution in [0.4, 0.5) is 0 Å². The third-order valence-corrected chi connectivity index (χ3v) is 4.18. The minimum Gasteiger partial charge on any atom is -0.463 e. The van der Waals surface area contributed by atoms with E-state index in [1.54, 1.807) is 24.3 Å². The van der Waals surface area contributed by atoms with Crippen molar-refractivity contribution in [3.8, 4) is 0 Å². The van der Waals surface area contributed by atoms with Gasteiger partial charge >= 0.3 is 0 Å². The lowest BCUT2D eigenvalue weighted by Crippen LogP contribution is -1.70. The molecule has 92 valence electrons. The molecule has 0 spiro atoms. The van der Waals surface area contributed by atoms with E-state index >= 15 is 0 Å². The largest absolute Gasteiger partial charge is 0.463 e. The molecule has 0 atom stereocenters. The Hall–Kier alpha value is -2.13. The summed E-state index contributed by atoms with van der Waals surface area (Å²) in [5.74, 6) is 0. The van der Waals surface area contributed by atoms with E-state index in [4.69, 9.17) is 8.83 Å². The highest BCUT2D eigenvalue weighted by atomic mass is 32.2. The zero-order chi connectivity index (χ0) is 12.7. The minimum atomic E-state index is 0.915. The van der Waals surface area contributed by atoms with Crippen molar-refractivity contribution in [2.24, 2.45) is 0 Å². The lowest BCUT2D eigenvalue weighted by atomic mass is 10.3. The molecule has 2 nitrogen and oxygen atoms in total. The van der Waals surface area contributed by atoms with Crippen LogP contribution in [0.15, 0.2) is 79.7 Å². The van der Waals surface area contributed by atoms with E-state index in [-0.39, 0.29) is 0 Å². The Morgan fingerprint density at radius 2 is 1.11 bits per heavy atom. The van der Waals surface area contributed by atoms with Gasteiger partial charge in [-0.05, 0) is 24.3 Å². The molecule has 0 unspecified atom stereocenters. The van der Waals surface area contributed by atoms with Crippen LogP contribution in [0.1, 0.15) is 0 Å². The van der Waals surface area contributed by atoms with Gasteiger partial charge in [0, 0.05) is 10.8 Å². The molecule has 0 bridgehead atoms. The Bertz CT molecular complexity index is 785. The molecule has 0 N–H and O–H groups in total. The Morgan fingerprint density at radius 1 is 0.632 bits per heavy atom. The number of hydrogen-bond acceptors (Lipinski definition) is 3. The smallest absolute Gasteiger partial charge is 0.135 e.